The van der Waals surface area contributed by atoms with Crippen molar-refractivity contribution in [1.29, 1.82) is 0 Å². The SMILES string of the molecule is Cc1ccc(Br)cc1S(=O)(=O)N1CCCC(CCO)C1. The average Bonchev–Trinajstić information content (AvgIpc) is 2.42. The third kappa shape index (κ3) is 3.42. The lowest BCUT2D eigenvalue weighted by atomic mass is 9.97. The van der Waals surface area contributed by atoms with Gasteiger partial charge in [0.1, 0.15) is 0 Å². The molecule has 6 heteroatoms. The van der Waals surface area contributed by atoms with Gasteiger partial charge >= 0.3 is 0 Å². The van der Waals surface area contributed by atoms with E-state index in [1.54, 1.807) is 10.4 Å². The minimum Gasteiger partial charge on any atom is -0.396 e. The van der Waals surface area contributed by atoms with Crippen molar-refractivity contribution in [2.45, 2.75) is 31.1 Å². The molecule has 112 valence electrons. The van der Waals surface area contributed by atoms with Crippen LogP contribution in [-0.4, -0.2) is 37.5 Å². The van der Waals surface area contributed by atoms with Crippen LogP contribution in [0.25, 0.3) is 0 Å². The molecule has 1 aliphatic heterocycles. The Balaban J connectivity index is 2.27. The molecule has 1 saturated heterocycles. The summed E-state index contributed by atoms with van der Waals surface area (Å²) >= 11 is 3.33. The van der Waals surface area contributed by atoms with Crippen LogP contribution in [0.1, 0.15) is 24.8 Å². The summed E-state index contributed by atoms with van der Waals surface area (Å²) in [5, 5.41) is 9.03. The third-order valence-electron chi connectivity index (χ3n) is 3.79. The lowest BCUT2D eigenvalue weighted by Crippen LogP contribution is -2.40. The van der Waals surface area contributed by atoms with Crippen LogP contribution in [-0.2, 0) is 10.0 Å². The van der Waals surface area contributed by atoms with Crippen LogP contribution in [0.5, 0.6) is 0 Å². The van der Waals surface area contributed by atoms with Gasteiger partial charge in [-0.05, 0) is 49.8 Å². The van der Waals surface area contributed by atoms with E-state index in [-0.39, 0.29) is 12.5 Å². The van der Waals surface area contributed by atoms with E-state index in [0.29, 0.717) is 24.4 Å². The first-order valence-corrected chi connectivity index (χ1v) is 9.05. The van der Waals surface area contributed by atoms with Crippen LogP contribution in [0.4, 0.5) is 0 Å². The van der Waals surface area contributed by atoms with Gasteiger partial charge in [-0.3, -0.25) is 0 Å². The molecule has 1 aromatic carbocycles. The summed E-state index contributed by atoms with van der Waals surface area (Å²) in [6.45, 7) is 3.01. The van der Waals surface area contributed by atoms with Crippen molar-refractivity contribution in [2.24, 2.45) is 5.92 Å². The maximum absolute atomic E-state index is 12.8. The summed E-state index contributed by atoms with van der Waals surface area (Å²) in [5.74, 6) is 0.260. The molecule has 1 aromatic rings. The Kier molecular flexibility index (Phi) is 5.23. The molecule has 0 aromatic heterocycles. The molecular formula is C14H20BrNO3S. The number of aliphatic hydroxyl groups is 1. The molecule has 1 N–H and O–H groups in total. The van der Waals surface area contributed by atoms with E-state index in [4.69, 9.17) is 5.11 Å². The summed E-state index contributed by atoms with van der Waals surface area (Å²) in [7, 11) is -3.44. The van der Waals surface area contributed by atoms with Crippen molar-refractivity contribution in [3.05, 3.63) is 28.2 Å². The Morgan fingerprint density at radius 1 is 1.45 bits per heavy atom. The summed E-state index contributed by atoms with van der Waals surface area (Å²) in [4.78, 5) is 0.372. The van der Waals surface area contributed by atoms with E-state index in [0.717, 1.165) is 22.9 Å². The Hall–Kier alpha value is -0.430. The molecule has 0 bridgehead atoms. The van der Waals surface area contributed by atoms with Crippen molar-refractivity contribution in [1.82, 2.24) is 4.31 Å². The number of aryl methyl sites for hydroxylation is 1. The second-order valence-corrected chi connectivity index (χ2v) is 8.12. The highest BCUT2D eigenvalue weighted by Gasteiger charge is 2.31. The van der Waals surface area contributed by atoms with Crippen molar-refractivity contribution in [3.8, 4) is 0 Å². The quantitative estimate of drug-likeness (QED) is 0.896. The van der Waals surface area contributed by atoms with E-state index < -0.39 is 10.0 Å². The van der Waals surface area contributed by atoms with Crippen LogP contribution in [0.3, 0.4) is 0 Å². The predicted molar refractivity (Wildman–Crippen MR) is 82.1 cm³/mol. The number of rotatable bonds is 4. The number of benzene rings is 1. The van der Waals surface area contributed by atoms with E-state index in [2.05, 4.69) is 15.9 Å². The fourth-order valence-corrected chi connectivity index (χ4v) is 4.97. The maximum Gasteiger partial charge on any atom is 0.243 e. The molecular weight excluding hydrogens is 342 g/mol. The molecule has 0 saturated carbocycles. The number of hydrogen-bond donors (Lipinski definition) is 1. The normalized spacial score (nSPS) is 21.1. The topological polar surface area (TPSA) is 57.6 Å². The number of sulfonamides is 1. The molecule has 0 radical (unpaired) electrons. The van der Waals surface area contributed by atoms with Crippen LogP contribution >= 0.6 is 15.9 Å². The average molecular weight is 362 g/mol. The van der Waals surface area contributed by atoms with Gasteiger partial charge in [0.15, 0.2) is 0 Å². The monoisotopic (exact) mass is 361 g/mol. The first-order chi connectivity index (χ1) is 9.45. The van der Waals surface area contributed by atoms with Gasteiger partial charge in [-0.25, -0.2) is 8.42 Å². The predicted octanol–water partition coefficient (Wildman–Crippen LogP) is 2.54. The smallest absolute Gasteiger partial charge is 0.243 e. The van der Waals surface area contributed by atoms with Gasteiger partial charge in [0.25, 0.3) is 0 Å². The van der Waals surface area contributed by atoms with Gasteiger partial charge in [-0.1, -0.05) is 22.0 Å². The highest BCUT2D eigenvalue weighted by molar-refractivity contribution is 9.10. The first kappa shape index (κ1) is 15.9. The van der Waals surface area contributed by atoms with Crippen molar-refractivity contribution >= 4 is 26.0 Å². The molecule has 0 aliphatic carbocycles. The van der Waals surface area contributed by atoms with Crippen LogP contribution < -0.4 is 0 Å². The second kappa shape index (κ2) is 6.56. The largest absolute Gasteiger partial charge is 0.396 e. The summed E-state index contributed by atoms with van der Waals surface area (Å²) < 4.78 is 27.8. The van der Waals surface area contributed by atoms with Gasteiger partial charge in [0.2, 0.25) is 10.0 Å². The number of nitrogens with zero attached hydrogens (tertiary/aromatic N) is 1. The third-order valence-corrected chi connectivity index (χ3v) is 6.29. The minimum absolute atomic E-state index is 0.120. The standard InChI is InChI=1S/C14H20BrNO3S/c1-11-4-5-13(15)9-14(11)20(18,19)16-7-2-3-12(10-16)6-8-17/h4-5,9,12,17H,2-3,6-8,10H2,1H3. The molecule has 2 rings (SSSR count). The van der Waals surface area contributed by atoms with Crippen LogP contribution in [0.2, 0.25) is 0 Å². The van der Waals surface area contributed by atoms with E-state index in [1.165, 1.54) is 0 Å². The molecule has 1 atom stereocenters. The van der Waals surface area contributed by atoms with E-state index >= 15 is 0 Å². The Bertz CT molecular complexity index is 572. The fourth-order valence-electron chi connectivity index (χ4n) is 2.65. The zero-order valence-electron chi connectivity index (χ0n) is 11.5. The molecule has 1 fully saturated rings. The van der Waals surface area contributed by atoms with Gasteiger partial charge in [-0.2, -0.15) is 4.31 Å². The first-order valence-electron chi connectivity index (χ1n) is 6.82. The van der Waals surface area contributed by atoms with Crippen molar-refractivity contribution in [3.63, 3.8) is 0 Å². The highest BCUT2D eigenvalue weighted by Crippen LogP contribution is 2.28. The second-order valence-electron chi connectivity index (χ2n) is 5.29. The summed E-state index contributed by atoms with van der Waals surface area (Å²) in [6, 6.07) is 5.32. The zero-order chi connectivity index (χ0) is 14.8. The minimum atomic E-state index is -3.44. The van der Waals surface area contributed by atoms with Crippen LogP contribution in [0, 0.1) is 12.8 Å². The lowest BCUT2D eigenvalue weighted by molar-refractivity contribution is 0.203. The van der Waals surface area contributed by atoms with Crippen molar-refractivity contribution in [2.75, 3.05) is 19.7 Å². The van der Waals surface area contributed by atoms with Gasteiger partial charge in [0, 0.05) is 24.2 Å². The molecule has 1 unspecified atom stereocenters. The Morgan fingerprint density at radius 2 is 2.20 bits per heavy atom. The molecule has 0 spiro atoms. The molecule has 20 heavy (non-hydrogen) atoms. The number of halogens is 1. The fraction of sp³-hybridized carbons (Fsp3) is 0.571. The summed E-state index contributed by atoms with van der Waals surface area (Å²) in [6.07, 6.45) is 2.52. The summed E-state index contributed by atoms with van der Waals surface area (Å²) in [5.41, 5.74) is 0.762. The van der Waals surface area contributed by atoms with E-state index in [9.17, 15) is 8.42 Å². The Labute approximate surface area is 129 Å². The van der Waals surface area contributed by atoms with Crippen molar-refractivity contribution < 1.29 is 13.5 Å². The van der Waals surface area contributed by atoms with Gasteiger partial charge < -0.3 is 5.11 Å². The number of piperidine rings is 1. The molecule has 1 aliphatic rings. The number of hydrogen-bond acceptors (Lipinski definition) is 3. The van der Waals surface area contributed by atoms with E-state index in [1.807, 2.05) is 19.1 Å². The Morgan fingerprint density at radius 3 is 2.90 bits per heavy atom. The van der Waals surface area contributed by atoms with Crippen LogP contribution in [0.15, 0.2) is 27.6 Å². The van der Waals surface area contributed by atoms with Gasteiger partial charge in [-0.15, -0.1) is 0 Å². The number of aliphatic hydroxyl groups excluding tert-OH is 1. The maximum atomic E-state index is 12.8. The van der Waals surface area contributed by atoms with Gasteiger partial charge in [0.05, 0.1) is 4.90 Å². The molecule has 4 nitrogen and oxygen atoms in total. The highest BCUT2D eigenvalue weighted by atomic mass is 79.9. The molecule has 1 heterocycles. The lowest BCUT2D eigenvalue weighted by Gasteiger charge is -2.32. The zero-order valence-corrected chi connectivity index (χ0v) is 14.0. The molecule has 0 amide bonds.